The lowest BCUT2D eigenvalue weighted by Gasteiger charge is -2.27. The maximum atomic E-state index is 10.8. The molecule has 0 spiro atoms. The van der Waals surface area contributed by atoms with Crippen LogP contribution in [0.4, 0.5) is 0 Å². The number of alkyl halides is 1. The molecule has 0 radical (unpaired) electrons. The van der Waals surface area contributed by atoms with E-state index in [1.807, 2.05) is 0 Å². The Bertz CT molecular complexity index is 230. The molecule has 66 valence electrons. The molecule has 6 heteroatoms. The monoisotopic (exact) mass is 218 g/mol. The number of hydrogen-bond acceptors (Lipinski definition) is 3. The number of hydrogen-bond donors (Lipinski definition) is 0. The molecule has 1 atom stereocenters. The fraction of sp³-hybridized carbons (Fsp3) is 1.00. The number of halogens is 2. The molecule has 0 amide bonds. The van der Waals surface area contributed by atoms with E-state index in [2.05, 4.69) is 0 Å². The van der Waals surface area contributed by atoms with Crippen LogP contribution in [0.5, 0.6) is 0 Å². The summed E-state index contributed by atoms with van der Waals surface area (Å²) in [6, 6.07) is 0. The molecule has 0 bridgehead atoms. The maximum absolute atomic E-state index is 10.8. The Hall–Kier alpha value is 0.490. The predicted molar refractivity (Wildman–Crippen MR) is 43.2 cm³/mol. The zero-order chi connectivity index (χ0) is 8.54. The van der Waals surface area contributed by atoms with Gasteiger partial charge in [-0.1, -0.05) is 11.6 Å². The summed E-state index contributed by atoms with van der Waals surface area (Å²) in [5.74, 6) is 0. The fourth-order valence-electron chi connectivity index (χ4n) is 0.927. The molecule has 0 saturated carbocycles. The summed E-state index contributed by atoms with van der Waals surface area (Å²) in [6.45, 7) is 0.357. The predicted octanol–water partition coefficient (Wildman–Crippen LogP) is 1.65. The van der Waals surface area contributed by atoms with Crippen LogP contribution in [0.2, 0.25) is 0 Å². The smallest absolute Gasteiger partial charge is 0.277 e. The van der Waals surface area contributed by atoms with Crippen molar-refractivity contribution in [3.63, 3.8) is 0 Å². The van der Waals surface area contributed by atoms with E-state index < -0.39 is 13.4 Å². The summed E-state index contributed by atoms with van der Waals surface area (Å²) in [7, 11) is 1.26. The van der Waals surface area contributed by atoms with Crippen molar-refractivity contribution >= 4 is 31.3 Å². The van der Waals surface area contributed by atoms with Gasteiger partial charge in [0.05, 0.1) is 6.61 Å². The largest absolute Gasteiger partial charge is 0.346 e. The summed E-state index contributed by atoms with van der Waals surface area (Å²) in [6.07, 6.45) is 1.83. The molecule has 1 aliphatic heterocycles. The van der Waals surface area contributed by atoms with Crippen LogP contribution >= 0.6 is 22.3 Å². The van der Waals surface area contributed by atoms with Gasteiger partial charge in [0.2, 0.25) is 0 Å². The third kappa shape index (κ3) is 1.99. The molecule has 1 fully saturated rings. The van der Waals surface area contributed by atoms with Crippen LogP contribution in [0.1, 0.15) is 19.3 Å². The minimum Gasteiger partial charge on any atom is -0.346 e. The van der Waals surface area contributed by atoms with E-state index in [0.717, 1.165) is 12.8 Å². The summed E-state index contributed by atoms with van der Waals surface area (Å²) in [4.78, 5) is 0. The highest BCUT2D eigenvalue weighted by atomic mass is 35.7. The quantitative estimate of drug-likeness (QED) is 0.497. The molecule has 0 aromatic carbocycles. The molecule has 0 aliphatic carbocycles. The van der Waals surface area contributed by atoms with E-state index in [-0.39, 0.29) is 6.42 Å². The molecule has 0 aromatic rings. The normalized spacial score (nSPS) is 33.6. The Morgan fingerprint density at radius 1 is 1.36 bits per heavy atom. The molecular weight excluding hydrogens is 211 g/mol. The Labute approximate surface area is 75.0 Å². The van der Waals surface area contributed by atoms with Crippen molar-refractivity contribution in [2.45, 2.75) is 23.7 Å². The van der Waals surface area contributed by atoms with Crippen LogP contribution in [0.25, 0.3) is 0 Å². The summed E-state index contributed by atoms with van der Waals surface area (Å²) < 4.78 is 24.8. The van der Waals surface area contributed by atoms with Gasteiger partial charge in [-0.3, -0.25) is 0 Å². The van der Waals surface area contributed by atoms with Gasteiger partial charge in [0.25, 0.3) is 13.4 Å². The van der Waals surface area contributed by atoms with Gasteiger partial charge in [-0.05, 0) is 12.8 Å². The first kappa shape index (κ1) is 9.58. The first-order valence-electron chi connectivity index (χ1n) is 3.23. The third-order valence-corrected chi connectivity index (χ3v) is 4.49. The second kappa shape index (κ2) is 3.09. The van der Waals surface area contributed by atoms with Crippen molar-refractivity contribution in [2.24, 2.45) is 0 Å². The highest BCUT2D eigenvalue weighted by Gasteiger charge is 2.43. The van der Waals surface area contributed by atoms with Gasteiger partial charge in [-0.2, -0.15) is 0 Å². The van der Waals surface area contributed by atoms with Crippen molar-refractivity contribution in [1.29, 1.82) is 0 Å². The van der Waals surface area contributed by atoms with Crippen LogP contribution in [-0.2, 0) is 13.8 Å². The van der Waals surface area contributed by atoms with E-state index in [4.69, 9.17) is 27.0 Å². The maximum Gasteiger partial charge on any atom is 0.277 e. The first-order valence-corrected chi connectivity index (χ1v) is 5.91. The summed E-state index contributed by atoms with van der Waals surface area (Å²) >= 11 is 5.61. The Morgan fingerprint density at radius 2 is 2.00 bits per heavy atom. The van der Waals surface area contributed by atoms with E-state index in [1.165, 1.54) is 0 Å². The van der Waals surface area contributed by atoms with Gasteiger partial charge in [0, 0.05) is 17.1 Å². The summed E-state index contributed by atoms with van der Waals surface area (Å²) in [5.41, 5.74) is 0. The first-order chi connectivity index (χ1) is 4.96. The molecule has 0 aromatic heterocycles. The zero-order valence-electron chi connectivity index (χ0n) is 5.72. The van der Waals surface area contributed by atoms with Crippen molar-refractivity contribution in [2.75, 3.05) is 6.61 Å². The van der Waals surface area contributed by atoms with Gasteiger partial charge in [0.15, 0.2) is 0 Å². The van der Waals surface area contributed by atoms with Crippen molar-refractivity contribution in [3.05, 3.63) is 0 Å². The minimum absolute atomic E-state index is 0.264. The van der Waals surface area contributed by atoms with Crippen molar-refractivity contribution in [1.82, 2.24) is 0 Å². The van der Waals surface area contributed by atoms with Crippen LogP contribution in [0.3, 0.4) is 0 Å². The van der Waals surface area contributed by atoms with E-state index in [1.54, 1.807) is 0 Å². The third-order valence-electron chi connectivity index (χ3n) is 1.55. The lowest BCUT2D eigenvalue weighted by Crippen LogP contribution is -2.35. The zero-order valence-corrected chi connectivity index (χ0v) is 8.05. The fourth-order valence-corrected chi connectivity index (χ4v) is 2.12. The molecule has 1 rings (SSSR count). The van der Waals surface area contributed by atoms with Crippen LogP contribution in [0, 0.1) is 0 Å². The minimum atomic E-state index is -3.81. The molecular formula is C5H8Cl2O3S. The average Bonchev–Trinajstić information content (AvgIpc) is 1.87. The molecule has 1 unspecified atom stereocenters. The highest BCUT2D eigenvalue weighted by Crippen LogP contribution is 2.36. The van der Waals surface area contributed by atoms with Crippen LogP contribution in [0.15, 0.2) is 0 Å². The number of ether oxygens (including phenoxy) is 1. The Kier molecular flexibility index (Phi) is 2.69. The highest BCUT2D eigenvalue weighted by molar-refractivity contribution is 8.15. The van der Waals surface area contributed by atoms with E-state index in [0.29, 0.717) is 6.61 Å². The Balaban J connectivity index is 2.81. The molecule has 11 heavy (non-hydrogen) atoms. The van der Waals surface area contributed by atoms with Crippen molar-refractivity contribution in [3.8, 4) is 0 Å². The van der Waals surface area contributed by atoms with E-state index in [9.17, 15) is 8.42 Å². The number of rotatable bonds is 1. The Morgan fingerprint density at radius 3 is 2.27 bits per heavy atom. The second-order valence-electron chi connectivity index (χ2n) is 2.40. The lowest BCUT2D eigenvalue weighted by molar-refractivity contribution is 0.0392. The standard InChI is InChI=1S/C5H8Cl2O3S/c6-5(11(7,8)9)3-1-2-4-10-5/h1-4H2. The van der Waals surface area contributed by atoms with Crippen LogP contribution in [-0.4, -0.2) is 19.4 Å². The van der Waals surface area contributed by atoms with Gasteiger partial charge in [0.1, 0.15) is 0 Å². The van der Waals surface area contributed by atoms with Gasteiger partial charge in [-0.15, -0.1) is 0 Å². The van der Waals surface area contributed by atoms with Gasteiger partial charge in [-0.25, -0.2) is 8.42 Å². The molecule has 3 nitrogen and oxygen atoms in total. The molecule has 1 heterocycles. The topological polar surface area (TPSA) is 43.4 Å². The lowest BCUT2D eigenvalue weighted by atomic mass is 10.2. The van der Waals surface area contributed by atoms with Crippen molar-refractivity contribution < 1.29 is 13.2 Å². The molecule has 1 aliphatic rings. The second-order valence-corrected chi connectivity index (χ2v) is 5.99. The SMILES string of the molecule is O=S(=O)(Cl)C1(Cl)CCCCO1. The molecule has 0 N–H and O–H groups in total. The summed E-state index contributed by atoms with van der Waals surface area (Å²) in [5, 5.41) is 0. The van der Waals surface area contributed by atoms with Gasteiger partial charge < -0.3 is 4.74 Å². The van der Waals surface area contributed by atoms with Gasteiger partial charge >= 0.3 is 0 Å². The molecule has 1 saturated heterocycles. The van der Waals surface area contributed by atoms with Crippen LogP contribution < -0.4 is 0 Å². The van der Waals surface area contributed by atoms with E-state index >= 15 is 0 Å². The average molecular weight is 219 g/mol.